The van der Waals surface area contributed by atoms with E-state index < -0.39 is 23.5 Å². The maximum absolute atomic E-state index is 14.0. The molecule has 2 rings (SSSR count). The molecule has 0 saturated carbocycles. The standard InChI is InChI=1S/C15H12BrClF3N/c1-21-14(5-8-2-3-10(17)11(18)4-8)15-12(19)6-9(16)7-13(15)20/h2-4,6-7,14,21H,5H2,1H3. The van der Waals surface area contributed by atoms with Gasteiger partial charge in [0, 0.05) is 16.1 Å². The summed E-state index contributed by atoms with van der Waals surface area (Å²) >= 11 is 8.66. The van der Waals surface area contributed by atoms with Gasteiger partial charge in [0.25, 0.3) is 0 Å². The van der Waals surface area contributed by atoms with Crippen LogP contribution in [0.2, 0.25) is 5.02 Å². The monoisotopic (exact) mass is 377 g/mol. The molecule has 6 heteroatoms. The molecule has 1 nitrogen and oxygen atoms in total. The molecule has 0 aliphatic carbocycles. The van der Waals surface area contributed by atoms with Gasteiger partial charge in [0.15, 0.2) is 0 Å². The molecule has 21 heavy (non-hydrogen) atoms. The van der Waals surface area contributed by atoms with Gasteiger partial charge in [-0.15, -0.1) is 0 Å². The Bertz CT molecular complexity index is 640. The molecule has 0 bridgehead atoms. The van der Waals surface area contributed by atoms with Crippen LogP contribution < -0.4 is 5.32 Å². The lowest BCUT2D eigenvalue weighted by atomic mass is 9.98. The molecular weight excluding hydrogens is 367 g/mol. The Morgan fingerprint density at radius 3 is 2.24 bits per heavy atom. The topological polar surface area (TPSA) is 12.0 Å². The molecule has 0 amide bonds. The second-order valence-electron chi connectivity index (χ2n) is 4.58. The zero-order chi connectivity index (χ0) is 15.6. The smallest absolute Gasteiger partial charge is 0.142 e. The maximum Gasteiger partial charge on any atom is 0.142 e. The third-order valence-electron chi connectivity index (χ3n) is 3.16. The van der Waals surface area contributed by atoms with Crippen LogP contribution in [-0.4, -0.2) is 7.05 Å². The quantitative estimate of drug-likeness (QED) is 0.787. The van der Waals surface area contributed by atoms with Gasteiger partial charge in [-0.3, -0.25) is 0 Å². The van der Waals surface area contributed by atoms with E-state index in [1.54, 1.807) is 13.1 Å². The summed E-state index contributed by atoms with van der Waals surface area (Å²) in [5.41, 5.74) is 0.522. The van der Waals surface area contributed by atoms with Crippen LogP contribution in [0.25, 0.3) is 0 Å². The van der Waals surface area contributed by atoms with Crippen molar-refractivity contribution in [3.63, 3.8) is 0 Å². The zero-order valence-electron chi connectivity index (χ0n) is 11.1. The Morgan fingerprint density at radius 1 is 1.10 bits per heavy atom. The number of rotatable bonds is 4. The normalized spacial score (nSPS) is 12.5. The second kappa shape index (κ2) is 6.81. The summed E-state index contributed by atoms with van der Waals surface area (Å²) in [7, 11) is 1.60. The van der Waals surface area contributed by atoms with E-state index in [1.807, 2.05) is 0 Å². The Balaban J connectivity index is 2.34. The van der Waals surface area contributed by atoms with Gasteiger partial charge >= 0.3 is 0 Å². The minimum atomic E-state index is -0.657. The highest BCUT2D eigenvalue weighted by molar-refractivity contribution is 9.10. The number of benzene rings is 2. The lowest BCUT2D eigenvalue weighted by Crippen LogP contribution is -2.21. The third kappa shape index (κ3) is 3.78. The summed E-state index contributed by atoms with van der Waals surface area (Å²) in [4.78, 5) is 0. The molecule has 0 spiro atoms. The van der Waals surface area contributed by atoms with Gasteiger partial charge < -0.3 is 5.32 Å². The van der Waals surface area contributed by atoms with Crippen molar-refractivity contribution in [3.8, 4) is 0 Å². The van der Waals surface area contributed by atoms with Crippen molar-refractivity contribution in [1.82, 2.24) is 5.32 Å². The zero-order valence-corrected chi connectivity index (χ0v) is 13.4. The fourth-order valence-corrected chi connectivity index (χ4v) is 2.66. The largest absolute Gasteiger partial charge is 0.313 e. The Labute approximate surface area is 134 Å². The molecule has 0 aromatic heterocycles. The van der Waals surface area contributed by atoms with Crippen molar-refractivity contribution in [1.29, 1.82) is 0 Å². The van der Waals surface area contributed by atoms with Crippen LogP contribution in [0.4, 0.5) is 13.2 Å². The lowest BCUT2D eigenvalue weighted by Gasteiger charge is -2.18. The fraction of sp³-hybridized carbons (Fsp3) is 0.200. The van der Waals surface area contributed by atoms with E-state index in [0.717, 1.165) is 0 Å². The number of hydrogen-bond donors (Lipinski definition) is 1. The Kier molecular flexibility index (Phi) is 5.30. The third-order valence-corrected chi connectivity index (χ3v) is 3.93. The summed E-state index contributed by atoms with van der Waals surface area (Å²) in [5.74, 6) is -1.87. The minimum absolute atomic E-state index is 0.0146. The van der Waals surface area contributed by atoms with Crippen LogP contribution in [0.3, 0.4) is 0 Å². The molecule has 1 N–H and O–H groups in total. The van der Waals surface area contributed by atoms with Crippen molar-refractivity contribution in [2.75, 3.05) is 7.05 Å². The first-order valence-corrected chi connectivity index (χ1v) is 7.35. The van der Waals surface area contributed by atoms with E-state index in [-0.39, 0.29) is 17.0 Å². The Morgan fingerprint density at radius 2 is 1.71 bits per heavy atom. The van der Waals surface area contributed by atoms with E-state index in [2.05, 4.69) is 21.2 Å². The molecule has 0 fully saturated rings. The second-order valence-corrected chi connectivity index (χ2v) is 5.90. The van der Waals surface area contributed by atoms with Gasteiger partial charge in [-0.05, 0) is 43.3 Å². The summed E-state index contributed by atoms with van der Waals surface area (Å²) < 4.78 is 41.7. The molecule has 0 heterocycles. The SMILES string of the molecule is CNC(Cc1ccc(Cl)c(F)c1)c1c(F)cc(Br)cc1F. The van der Waals surface area contributed by atoms with Crippen LogP contribution in [0.1, 0.15) is 17.2 Å². The number of halogens is 5. The van der Waals surface area contributed by atoms with E-state index in [4.69, 9.17) is 11.6 Å². The minimum Gasteiger partial charge on any atom is -0.313 e. The highest BCUT2D eigenvalue weighted by Gasteiger charge is 2.20. The highest BCUT2D eigenvalue weighted by atomic mass is 79.9. The molecule has 112 valence electrons. The fourth-order valence-electron chi connectivity index (χ4n) is 2.14. The van der Waals surface area contributed by atoms with Crippen LogP contribution in [0, 0.1) is 17.5 Å². The summed E-state index contributed by atoms with van der Waals surface area (Å²) in [5, 5.41) is 2.87. The lowest BCUT2D eigenvalue weighted by molar-refractivity contribution is 0.488. The van der Waals surface area contributed by atoms with Gasteiger partial charge in [-0.1, -0.05) is 33.6 Å². The molecule has 0 aliphatic rings. The summed E-state index contributed by atoms with van der Waals surface area (Å²) in [6.45, 7) is 0. The average Bonchev–Trinajstić information content (AvgIpc) is 2.40. The molecule has 2 aromatic rings. The van der Waals surface area contributed by atoms with Crippen molar-refractivity contribution in [2.24, 2.45) is 0 Å². The average molecular weight is 379 g/mol. The maximum atomic E-state index is 14.0. The summed E-state index contributed by atoms with van der Waals surface area (Å²) in [6, 6.07) is 6.11. The first-order chi connectivity index (χ1) is 9.92. The molecule has 0 radical (unpaired) electrons. The van der Waals surface area contributed by atoms with Crippen LogP contribution in [0.15, 0.2) is 34.8 Å². The van der Waals surface area contributed by atoms with Crippen molar-refractivity contribution < 1.29 is 13.2 Å². The van der Waals surface area contributed by atoms with Crippen molar-refractivity contribution in [3.05, 3.63) is 68.4 Å². The highest BCUT2D eigenvalue weighted by Crippen LogP contribution is 2.28. The molecule has 2 aromatic carbocycles. The van der Waals surface area contributed by atoms with Crippen LogP contribution in [-0.2, 0) is 6.42 Å². The van der Waals surface area contributed by atoms with Gasteiger partial charge in [0.1, 0.15) is 17.5 Å². The van der Waals surface area contributed by atoms with Gasteiger partial charge in [0.05, 0.1) is 5.02 Å². The molecule has 0 saturated heterocycles. The molecule has 1 atom stereocenters. The number of hydrogen-bond acceptors (Lipinski definition) is 1. The number of nitrogens with one attached hydrogen (secondary N) is 1. The van der Waals surface area contributed by atoms with Crippen molar-refractivity contribution in [2.45, 2.75) is 12.5 Å². The van der Waals surface area contributed by atoms with E-state index in [1.165, 1.54) is 24.3 Å². The molecular formula is C15H12BrClF3N. The van der Waals surface area contributed by atoms with Gasteiger partial charge in [0.2, 0.25) is 0 Å². The van der Waals surface area contributed by atoms with Gasteiger partial charge in [-0.2, -0.15) is 0 Å². The van der Waals surface area contributed by atoms with E-state index in [0.29, 0.717) is 10.0 Å². The van der Waals surface area contributed by atoms with Crippen molar-refractivity contribution >= 4 is 27.5 Å². The first-order valence-electron chi connectivity index (χ1n) is 6.18. The van der Waals surface area contributed by atoms with Gasteiger partial charge in [-0.25, -0.2) is 13.2 Å². The summed E-state index contributed by atoms with van der Waals surface area (Å²) in [6.07, 6.45) is 0.236. The van der Waals surface area contributed by atoms with Crippen LogP contribution >= 0.6 is 27.5 Å². The molecule has 1 unspecified atom stereocenters. The van der Waals surface area contributed by atoms with E-state index in [9.17, 15) is 13.2 Å². The van der Waals surface area contributed by atoms with Crippen LogP contribution in [0.5, 0.6) is 0 Å². The van der Waals surface area contributed by atoms with E-state index >= 15 is 0 Å². The number of likely N-dealkylation sites (N-methyl/N-ethyl adjacent to an activating group) is 1. The predicted octanol–water partition coefficient (Wildman–Crippen LogP) is 5.02. The Hall–Kier alpha value is -1.04. The molecule has 0 aliphatic heterocycles. The predicted molar refractivity (Wildman–Crippen MR) is 81.0 cm³/mol. The first kappa shape index (κ1) is 16.3.